The number of benzene rings is 1. The molecule has 8 heteroatoms. The summed E-state index contributed by atoms with van der Waals surface area (Å²) < 4.78 is 0. The topological polar surface area (TPSA) is 56.7 Å². The lowest BCUT2D eigenvalue weighted by Crippen LogP contribution is -2.46. The molecule has 2 rings (SSSR count). The Labute approximate surface area is 182 Å². The van der Waals surface area contributed by atoms with Gasteiger partial charge in [-0.15, -0.1) is 35.7 Å². The van der Waals surface area contributed by atoms with Crippen molar-refractivity contribution in [2.75, 3.05) is 39.5 Å². The number of carbonyl (C=O) groups excluding carboxylic acids is 1. The maximum atomic E-state index is 11.5. The van der Waals surface area contributed by atoms with Crippen molar-refractivity contribution in [2.24, 2.45) is 10.9 Å². The Hall–Kier alpha value is -0.670. The molecule has 1 aromatic rings. The molecule has 1 amide bonds. The molecule has 5 nitrogen and oxygen atoms in total. The summed E-state index contributed by atoms with van der Waals surface area (Å²) in [7, 11) is 3.52. The summed E-state index contributed by atoms with van der Waals surface area (Å²) in [6, 6.07) is 7.91. The van der Waals surface area contributed by atoms with Crippen LogP contribution in [0.15, 0.2) is 34.2 Å². The minimum atomic E-state index is 0. The highest BCUT2D eigenvalue weighted by Crippen LogP contribution is 2.21. The van der Waals surface area contributed by atoms with Gasteiger partial charge in [0.15, 0.2) is 5.96 Å². The molecule has 26 heavy (non-hydrogen) atoms. The Bertz CT molecular complexity index is 577. The minimum Gasteiger partial charge on any atom is -0.359 e. The molecule has 0 atom stereocenters. The number of likely N-dealkylation sites (tertiary alicyclic amines) is 1. The van der Waals surface area contributed by atoms with Crippen LogP contribution in [0.1, 0.15) is 19.3 Å². The van der Waals surface area contributed by atoms with Crippen LogP contribution < -0.4 is 10.6 Å². The largest absolute Gasteiger partial charge is 0.359 e. The first-order valence-electron chi connectivity index (χ1n) is 8.67. The normalized spacial score (nSPS) is 15.3. The molecule has 1 saturated heterocycles. The number of hydrogen-bond donors (Lipinski definition) is 2. The van der Waals surface area contributed by atoms with E-state index >= 15 is 0 Å². The third-order valence-corrected chi connectivity index (χ3v) is 5.61. The van der Waals surface area contributed by atoms with Gasteiger partial charge in [0, 0.05) is 55.8 Å². The number of aliphatic imine (C=N–C) groups is 1. The Kier molecular flexibility index (Phi) is 11.4. The van der Waals surface area contributed by atoms with Gasteiger partial charge in [0.25, 0.3) is 0 Å². The molecule has 1 fully saturated rings. The zero-order chi connectivity index (χ0) is 18.1. The number of carbonyl (C=O) groups is 1. The van der Waals surface area contributed by atoms with Gasteiger partial charge in [-0.3, -0.25) is 9.79 Å². The second kappa shape index (κ2) is 12.7. The first kappa shape index (κ1) is 23.4. The maximum absolute atomic E-state index is 11.5. The molecule has 1 aromatic carbocycles. The number of hydrogen-bond acceptors (Lipinski definition) is 3. The van der Waals surface area contributed by atoms with Crippen LogP contribution in [-0.4, -0.2) is 56.2 Å². The van der Waals surface area contributed by atoms with Crippen LogP contribution in [0.2, 0.25) is 5.02 Å². The van der Waals surface area contributed by atoms with Crippen LogP contribution in [0, 0.1) is 5.92 Å². The van der Waals surface area contributed by atoms with Crippen molar-refractivity contribution in [1.29, 1.82) is 0 Å². The van der Waals surface area contributed by atoms with E-state index in [-0.39, 0.29) is 29.9 Å². The van der Waals surface area contributed by atoms with Gasteiger partial charge in [-0.25, -0.2) is 0 Å². The number of nitrogens with zero attached hydrogens (tertiary/aromatic N) is 2. The zero-order valence-electron chi connectivity index (χ0n) is 15.3. The smallest absolute Gasteiger partial charge is 0.220 e. The predicted molar refractivity (Wildman–Crippen MR) is 122 cm³/mol. The summed E-state index contributed by atoms with van der Waals surface area (Å²) in [5.41, 5.74) is 0. The van der Waals surface area contributed by atoms with Crippen LogP contribution in [-0.2, 0) is 4.79 Å². The van der Waals surface area contributed by atoms with E-state index in [1.165, 1.54) is 4.90 Å². The van der Waals surface area contributed by atoms with E-state index in [9.17, 15) is 4.79 Å². The van der Waals surface area contributed by atoms with E-state index in [4.69, 9.17) is 11.6 Å². The van der Waals surface area contributed by atoms with Crippen LogP contribution >= 0.6 is 47.3 Å². The molecule has 0 spiro atoms. The zero-order valence-corrected chi connectivity index (χ0v) is 19.2. The fourth-order valence-corrected chi connectivity index (χ4v) is 3.80. The van der Waals surface area contributed by atoms with E-state index in [0.29, 0.717) is 12.3 Å². The van der Waals surface area contributed by atoms with Crippen LogP contribution in [0.25, 0.3) is 0 Å². The van der Waals surface area contributed by atoms with Gasteiger partial charge in [0.1, 0.15) is 0 Å². The standard InChI is InChI=1S/C18H27ClN4OS.HI/c1-20-17(24)13-14-7-10-23(11-8-14)18(21-2)22-9-12-25-16-5-3-15(19)4-6-16;/h3-6,14H,7-13H2,1-2H3,(H,20,24)(H,21,22);1H. The summed E-state index contributed by atoms with van der Waals surface area (Å²) in [5, 5.41) is 6.91. The summed E-state index contributed by atoms with van der Waals surface area (Å²) in [6.07, 6.45) is 2.70. The quantitative estimate of drug-likeness (QED) is 0.202. The highest BCUT2D eigenvalue weighted by molar-refractivity contribution is 14.0. The molecule has 0 radical (unpaired) electrons. The minimum absolute atomic E-state index is 0. The van der Waals surface area contributed by atoms with E-state index in [2.05, 4.69) is 20.5 Å². The molecule has 0 saturated carbocycles. The third-order valence-electron chi connectivity index (χ3n) is 4.35. The number of nitrogens with one attached hydrogen (secondary N) is 2. The van der Waals surface area contributed by atoms with Gasteiger partial charge in [-0.05, 0) is 43.0 Å². The maximum Gasteiger partial charge on any atom is 0.220 e. The van der Waals surface area contributed by atoms with Gasteiger partial charge in [0.2, 0.25) is 5.91 Å². The van der Waals surface area contributed by atoms with Crippen LogP contribution in [0.4, 0.5) is 0 Å². The lowest BCUT2D eigenvalue weighted by Gasteiger charge is -2.34. The SMILES string of the molecule is CN=C(NCCSc1ccc(Cl)cc1)N1CCC(CC(=O)NC)CC1.I. The van der Waals surface area contributed by atoms with Crippen molar-refractivity contribution in [3.63, 3.8) is 0 Å². The summed E-state index contributed by atoms with van der Waals surface area (Å²) in [6.45, 7) is 2.76. The molecule has 1 heterocycles. The van der Waals surface area contributed by atoms with E-state index < -0.39 is 0 Å². The van der Waals surface area contributed by atoms with Crippen molar-refractivity contribution in [1.82, 2.24) is 15.5 Å². The number of rotatable bonds is 6. The van der Waals surface area contributed by atoms with Gasteiger partial charge < -0.3 is 15.5 Å². The van der Waals surface area contributed by atoms with Crippen LogP contribution in [0.3, 0.4) is 0 Å². The molecular formula is C18H28ClIN4OS. The van der Waals surface area contributed by atoms with Crippen molar-refractivity contribution in [2.45, 2.75) is 24.2 Å². The molecule has 0 aromatic heterocycles. The molecule has 0 aliphatic carbocycles. The average Bonchev–Trinajstić information content (AvgIpc) is 2.64. The van der Waals surface area contributed by atoms with Gasteiger partial charge in [-0.1, -0.05) is 11.6 Å². The van der Waals surface area contributed by atoms with Gasteiger partial charge >= 0.3 is 0 Å². The Morgan fingerprint density at radius 2 is 1.96 bits per heavy atom. The first-order chi connectivity index (χ1) is 12.1. The number of thioether (sulfide) groups is 1. The lowest BCUT2D eigenvalue weighted by molar-refractivity contribution is -0.121. The predicted octanol–water partition coefficient (Wildman–Crippen LogP) is 3.47. The Morgan fingerprint density at radius 1 is 1.31 bits per heavy atom. The molecule has 146 valence electrons. The van der Waals surface area contributed by atoms with Crippen molar-refractivity contribution < 1.29 is 4.79 Å². The van der Waals surface area contributed by atoms with Crippen molar-refractivity contribution in [3.05, 3.63) is 29.3 Å². The monoisotopic (exact) mass is 510 g/mol. The Balaban J connectivity index is 0.00000338. The van der Waals surface area contributed by atoms with Gasteiger partial charge in [-0.2, -0.15) is 0 Å². The molecule has 0 unspecified atom stereocenters. The Morgan fingerprint density at radius 3 is 2.54 bits per heavy atom. The number of halogens is 2. The van der Waals surface area contributed by atoms with E-state index in [0.717, 1.165) is 49.2 Å². The van der Waals surface area contributed by atoms with E-state index in [1.54, 1.807) is 18.8 Å². The lowest BCUT2D eigenvalue weighted by atomic mass is 9.93. The molecule has 0 bridgehead atoms. The summed E-state index contributed by atoms with van der Waals surface area (Å²) in [4.78, 5) is 19.4. The number of guanidine groups is 1. The molecular weight excluding hydrogens is 483 g/mol. The molecule has 1 aliphatic heterocycles. The van der Waals surface area contributed by atoms with Crippen molar-refractivity contribution in [3.8, 4) is 0 Å². The van der Waals surface area contributed by atoms with E-state index in [1.807, 2.05) is 31.3 Å². The number of amides is 1. The van der Waals surface area contributed by atoms with Crippen molar-refractivity contribution >= 4 is 59.2 Å². The third kappa shape index (κ3) is 7.92. The molecule has 1 aliphatic rings. The van der Waals surface area contributed by atoms with Crippen LogP contribution in [0.5, 0.6) is 0 Å². The summed E-state index contributed by atoms with van der Waals surface area (Å²) >= 11 is 7.70. The highest BCUT2D eigenvalue weighted by Gasteiger charge is 2.22. The summed E-state index contributed by atoms with van der Waals surface area (Å²) in [5.74, 6) is 2.54. The fraction of sp³-hybridized carbons (Fsp3) is 0.556. The fourth-order valence-electron chi connectivity index (χ4n) is 2.91. The molecule has 2 N–H and O–H groups in total. The number of piperidine rings is 1. The van der Waals surface area contributed by atoms with Gasteiger partial charge in [0.05, 0.1) is 0 Å². The second-order valence-corrected chi connectivity index (χ2v) is 7.69. The highest BCUT2D eigenvalue weighted by atomic mass is 127. The average molecular weight is 511 g/mol. The first-order valence-corrected chi connectivity index (χ1v) is 10.0. The second-order valence-electron chi connectivity index (χ2n) is 6.08.